The third-order valence-electron chi connectivity index (χ3n) is 3.76. The first-order chi connectivity index (χ1) is 11.8. The van der Waals surface area contributed by atoms with Crippen molar-refractivity contribution in [1.29, 1.82) is 0 Å². The number of carbonyl (C=O) groups is 2. The van der Waals surface area contributed by atoms with E-state index in [-0.39, 0.29) is 18.2 Å². The largest absolute Gasteiger partial charge is 0.355 e. The molecule has 0 aliphatic carbocycles. The molecule has 6 nitrogen and oxygen atoms in total. The van der Waals surface area contributed by atoms with E-state index in [2.05, 4.69) is 15.6 Å². The lowest BCUT2D eigenvalue weighted by Crippen LogP contribution is -2.37. The number of nitrogens with one attached hydrogen (secondary N) is 2. The second-order valence-electron chi connectivity index (χ2n) is 7.08. The van der Waals surface area contributed by atoms with E-state index in [1.807, 2.05) is 55.8 Å². The lowest BCUT2D eigenvalue weighted by Gasteiger charge is -2.17. The van der Waals surface area contributed by atoms with Crippen molar-refractivity contribution >= 4 is 11.8 Å². The van der Waals surface area contributed by atoms with Crippen molar-refractivity contribution < 1.29 is 9.59 Å². The zero-order chi connectivity index (χ0) is 18.3. The monoisotopic (exact) mass is 342 g/mol. The summed E-state index contributed by atoms with van der Waals surface area (Å²) >= 11 is 0. The van der Waals surface area contributed by atoms with Gasteiger partial charge in [-0.05, 0) is 11.1 Å². The second-order valence-corrected chi connectivity index (χ2v) is 7.08. The molecule has 1 heterocycles. The van der Waals surface area contributed by atoms with Crippen LogP contribution in [0.4, 0.5) is 0 Å². The van der Waals surface area contributed by atoms with Crippen molar-refractivity contribution in [3.8, 4) is 0 Å². The molecule has 2 amide bonds. The number of hydrogen-bond donors (Lipinski definition) is 2. The lowest BCUT2D eigenvalue weighted by molar-refractivity contribution is -0.128. The van der Waals surface area contributed by atoms with Crippen molar-refractivity contribution in [3.05, 3.63) is 54.1 Å². The van der Waals surface area contributed by atoms with Crippen LogP contribution < -0.4 is 10.6 Å². The highest BCUT2D eigenvalue weighted by atomic mass is 16.2. The SMILES string of the molecule is CC(C)(C)C(=O)NCCC(=O)NCc1ccc(Cn2ccnc2)cc1. The number of hydrogen-bond acceptors (Lipinski definition) is 3. The molecule has 6 heteroatoms. The Balaban J connectivity index is 1.70. The molecular weight excluding hydrogens is 316 g/mol. The summed E-state index contributed by atoms with van der Waals surface area (Å²) in [5.41, 5.74) is 1.79. The third kappa shape index (κ3) is 6.41. The van der Waals surface area contributed by atoms with Crippen molar-refractivity contribution in [2.45, 2.75) is 40.3 Å². The standard InChI is InChI=1S/C19H26N4O2/c1-19(2,3)18(25)21-9-8-17(24)22-12-15-4-6-16(7-5-15)13-23-11-10-20-14-23/h4-7,10-11,14H,8-9,12-13H2,1-3H3,(H,21,25)(H,22,24). The highest BCUT2D eigenvalue weighted by Crippen LogP contribution is 2.12. The molecule has 0 fully saturated rings. The number of benzene rings is 1. The van der Waals surface area contributed by atoms with E-state index in [1.54, 1.807) is 12.5 Å². The van der Waals surface area contributed by atoms with Crippen molar-refractivity contribution in [2.24, 2.45) is 5.41 Å². The maximum atomic E-state index is 11.9. The summed E-state index contributed by atoms with van der Waals surface area (Å²) in [6.45, 7) is 7.15. The molecule has 0 radical (unpaired) electrons. The summed E-state index contributed by atoms with van der Waals surface area (Å²) < 4.78 is 2.00. The Hall–Kier alpha value is -2.63. The summed E-state index contributed by atoms with van der Waals surface area (Å²) in [5.74, 6) is -0.120. The molecule has 1 aromatic carbocycles. The van der Waals surface area contributed by atoms with E-state index < -0.39 is 5.41 Å². The van der Waals surface area contributed by atoms with Crippen LogP contribution >= 0.6 is 0 Å². The summed E-state index contributed by atoms with van der Waals surface area (Å²) in [7, 11) is 0. The van der Waals surface area contributed by atoms with Gasteiger partial charge in [-0.1, -0.05) is 45.0 Å². The van der Waals surface area contributed by atoms with Gasteiger partial charge in [0, 0.05) is 43.9 Å². The average molecular weight is 342 g/mol. The number of carbonyl (C=O) groups excluding carboxylic acids is 2. The number of amides is 2. The lowest BCUT2D eigenvalue weighted by atomic mass is 9.96. The fraction of sp³-hybridized carbons (Fsp3) is 0.421. The van der Waals surface area contributed by atoms with Gasteiger partial charge in [-0.2, -0.15) is 0 Å². The zero-order valence-corrected chi connectivity index (χ0v) is 15.1. The Morgan fingerprint density at radius 2 is 1.76 bits per heavy atom. The quantitative estimate of drug-likeness (QED) is 0.809. The number of rotatable bonds is 7. The third-order valence-corrected chi connectivity index (χ3v) is 3.76. The number of nitrogens with zero attached hydrogens (tertiary/aromatic N) is 2. The molecule has 0 atom stereocenters. The number of imidazole rings is 1. The van der Waals surface area contributed by atoms with Crippen LogP contribution in [0.2, 0.25) is 0 Å². The van der Waals surface area contributed by atoms with E-state index in [0.717, 1.165) is 12.1 Å². The first-order valence-electron chi connectivity index (χ1n) is 8.43. The van der Waals surface area contributed by atoms with E-state index in [1.165, 1.54) is 5.56 Å². The molecule has 25 heavy (non-hydrogen) atoms. The van der Waals surface area contributed by atoms with Gasteiger partial charge in [-0.25, -0.2) is 4.98 Å². The van der Waals surface area contributed by atoms with Gasteiger partial charge in [-0.15, -0.1) is 0 Å². The van der Waals surface area contributed by atoms with Crippen molar-refractivity contribution in [1.82, 2.24) is 20.2 Å². The predicted molar refractivity (Wildman–Crippen MR) is 96.7 cm³/mol. The summed E-state index contributed by atoms with van der Waals surface area (Å²) in [6, 6.07) is 8.11. The summed E-state index contributed by atoms with van der Waals surface area (Å²) in [5, 5.41) is 5.64. The van der Waals surface area contributed by atoms with Gasteiger partial charge in [0.2, 0.25) is 11.8 Å². The summed E-state index contributed by atoms with van der Waals surface area (Å²) in [6.07, 6.45) is 5.74. The minimum Gasteiger partial charge on any atom is -0.355 e. The first-order valence-corrected chi connectivity index (χ1v) is 8.43. The molecule has 0 aliphatic rings. The fourth-order valence-corrected chi connectivity index (χ4v) is 2.20. The predicted octanol–water partition coefficient (Wildman–Crippen LogP) is 2.10. The van der Waals surface area contributed by atoms with Crippen LogP contribution in [0.25, 0.3) is 0 Å². The molecule has 2 aromatic rings. The van der Waals surface area contributed by atoms with Gasteiger partial charge in [-0.3, -0.25) is 9.59 Å². The van der Waals surface area contributed by atoms with Gasteiger partial charge in [0.05, 0.1) is 6.33 Å². The van der Waals surface area contributed by atoms with Crippen LogP contribution in [-0.2, 0) is 22.7 Å². The van der Waals surface area contributed by atoms with E-state index in [4.69, 9.17) is 0 Å². The van der Waals surface area contributed by atoms with Gasteiger partial charge in [0.25, 0.3) is 0 Å². The van der Waals surface area contributed by atoms with Crippen LogP contribution in [-0.4, -0.2) is 27.9 Å². The topological polar surface area (TPSA) is 76.0 Å². The molecule has 0 aliphatic heterocycles. The fourth-order valence-electron chi connectivity index (χ4n) is 2.20. The molecule has 134 valence electrons. The molecule has 0 saturated heterocycles. The Bertz CT molecular complexity index is 685. The van der Waals surface area contributed by atoms with E-state index >= 15 is 0 Å². The van der Waals surface area contributed by atoms with Crippen LogP contribution in [0.1, 0.15) is 38.3 Å². The Morgan fingerprint density at radius 1 is 1.08 bits per heavy atom. The van der Waals surface area contributed by atoms with Crippen LogP contribution in [0.5, 0.6) is 0 Å². The van der Waals surface area contributed by atoms with Gasteiger partial charge in [0.1, 0.15) is 0 Å². The number of aromatic nitrogens is 2. The van der Waals surface area contributed by atoms with Gasteiger partial charge < -0.3 is 15.2 Å². The average Bonchev–Trinajstić information content (AvgIpc) is 3.06. The smallest absolute Gasteiger partial charge is 0.225 e. The molecule has 2 rings (SSSR count). The van der Waals surface area contributed by atoms with E-state index in [0.29, 0.717) is 13.1 Å². The van der Waals surface area contributed by atoms with Crippen molar-refractivity contribution in [2.75, 3.05) is 6.54 Å². The van der Waals surface area contributed by atoms with Crippen molar-refractivity contribution in [3.63, 3.8) is 0 Å². The molecule has 0 unspecified atom stereocenters. The maximum absolute atomic E-state index is 11.9. The molecule has 0 saturated carbocycles. The van der Waals surface area contributed by atoms with E-state index in [9.17, 15) is 9.59 Å². The normalized spacial score (nSPS) is 11.2. The van der Waals surface area contributed by atoms with Crippen LogP contribution in [0.3, 0.4) is 0 Å². The highest BCUT2D eigenvalue weighted by Gasteiger charge is 2.20. The molecule has 2 N–H and O–H groups in total. The zero-order valence-electron chi connectivity index (χ0n) is 15.1. The Morgan fingerprint density at radius 3 is 2.36 bits per heavy atom. The molecule has 1 aromatic heterocycles. The second kappa shape index (κ2) is 8.46. The Labute approximate surface area is 148 Å². The van der Waals surface area contributed by atoms with Crippen LogP contribution in [0, 0.1) is 5.41 Å². The van der Waals surface area contributed by atoms with Gasteiger partial charge in [0.15, 0.2) is 0 Å². The maximum Gasteiger partial charge on any atom is 0.225 e. The Kier molecular flexibility index (Phi) is 6.33. The first kappa shape index (κ1) is 18.7. The van der Waals surface area contributed by atoms with Crippen LogP contribution in [0.15, 0.2) is 43.0 Å². The minimum atomic E-state index is -0.436. The van der Waals surface area contributed by atoms with Gasteiger partial charge >= 0.3 is 0 Å². The minimum absolute atomic E-state index is 0.0474. The highest BCUT2D eigenvalue weighted by molar-refractivity contribution is 5.82. The molecule has 0 bridgehead atoms. The molecular formula is C19H26N4O2. The summed E-state index contributed by atoms with van der Waals surface area (Å²) in [4.78, 5) is 27.6. The molecule has 0 spiro atoms.